The number of nitrogens with zero attached hydrogens (tertiary/aromatic N) is 4. The molecule has 0 N–H and O–H groups in total. The van der Waals surface area contributed by atoms with Gasteiger partial charge >= 0.3 is 6.18 Å². The number of aromatic nitrogens is 4. The van der Waals surface area contributed by atoms with Gasteiger partial charge in [-0.15, -0.1) is 16.4 Å². The van der Waals surface area contributed by atoms with Gasteiger partial charge in [0.05, 0.1) is 11.3 Å². The molecule has 118 valence electrons. The molecule has 0 bridgehead atoms. The Morgan fingerprint density at radius 3 is 2.78 bits per heavy atom. The maximum Gasteiger partial charge on any atom is 0.453 e. The fraction of sp³-hybridized carbons (Fsp3) is 0.286. The molecule has 3 aromatic rings. The van der Waals surface area contributed by atoms with E-state index in [0.717, 1.165) is 9.39 Å². The van der Waals surface area contributed by atoms with Crippen LogP contribution in [0, 0.1) is 0 Å². The minimum atomic E-state index is -4.64. The molecule has 1 atom stereocenters. The van der Waals surface area contributed by atoms with Crippen LogP contribution in [0.1, 0.15) is 39.1 Å². The Kier molecular flexibility index (Phi) is 3.02. The molecule has 1 aliphatic carbocycles. The highest BCUT2D eigenvalue weighted by molar-refractivity contribution is 7.10. The number of carbonyl (C=O) groups is 1. The van der Waals surface area contributed by atoms with Crippen LogP contribution < -0.4 is 0 Å². The van der Waals surface area contributed by atoms with Gasteiger partial charge < -0.3 is 0 Å². The Morgan fingerprint density at radius 2 is 2.09 bits per heavy atom. The maximum absolute atomic E-state index is 12.7. The predicted octanol–water partition coefficient (Wildman–Crippen LogP) is 3.12. The van der Waals surface area contributed by atoms with E-state index >= 15 is 0 Å². The smallest absolute Gasteiger partial charge is 0.294 e. The maximum atomic E-state index is 12.7. The van der Waals surface area contributed by atoms with Crippen molar-refractivity contribution in [2.24, 2.45) is 0 Å². The number of hydrogen-bond donors (Lipinski definition) is 0. The van der Waals surface area contributed by atoms with Crippen LogP contribution in [0.5, 0.6) is 0 Å². The third-order valence-electron chi connectivity index (χ3n) is 3.78. The summed E-state index contributed by atoms with van der Waals surface area (Å²) in [7, 11) is 0. The number of hydrogen-bond acceptors (Lipinski definition) is 5. The molecule has 5 nitrogen and oxygen atoms in total. The van der Waals surface area contributed by atoms with Gasteiger partial charge in [-0.3, -0.25) is 4.79 Å². The highest BCUT2D eigenvalue weighted by Gasteiger charge is 2.37. The number of ketones is 1. The Labute approximate surface area is 131 Å². The number of thiophene rings is 1. The second kappa shape index (κ2) is 4.85. The Hall–Kier alpha value is -2.29. The van der Waals surface area contributed by atoms with Crippen molar-refractivity contribution >= 4 is 22.9 Å². The average Bonchev–Trinajstić information content (AvgIpc) is 3.13. The molecule has 0 aliphatic heterocycles. The molecule has 0 spiro atoms. The van der Waals surface area contributed by atoms with Crippen LogP contribution in [0.2, 0.25) is 0 Å². The summed E-state index contributed by atoms with van der Waals surface area (Å²) in [6, 6.07) is 3.86. The van der Waals surface area contributed by atoms with Crippen molar-refractivity contribution in [3.63, 3.8) is 0 Å². The zero-order valence-electron chi connectivity index (χ0n) is 11.5. The second-order valence-corrected chi connectivity index (χ2v) is 6.30. The Morgan fingerprint density at radius 1 is 1.26 bits per heavy atom. The van der Waals surface area contributed by atoms with Crippen molar-refractivity contribution in [3.8, 4) is 0 Å². The minimum absolute atomic E-state index is 0.00922. The quantitative estimate of drug-likeness (QED) is 0.684. The third-order valence-corrected chi connectivity index (χ3v) is 4.82. The Bertz CT molecular complexity index is 901. The van der Waals surface area contributed by atoms with Crippen LogP contribution in [-0.2, 0) is 12.6 Å². The van der Waals surface area contributed by atoms with Crippen LogP contribution in [0.15, 0.2) is 23.7 Å². The SMILES string of the molecule is O=C1C[C@@H](c2cccs2)Cc2nc3nc(C(F)(F)F)nn3cc21. The van der Waals surface area contributed by atoms with Gasteiger partial charge in [-0.2, -0.15) is 18.2 Å². The summed E-state index contributed by atoms with van der Waals surface area (Å²) in [6.07, 6.45) is -2.52. The molecule has 3 aromatic heterocycles. The van der Waals surface area contributed by atoms with Crippen molar-refractivity contribution in [2.45, 2.75) is 24.9 Å². The fourth-order valence-corrected chi connectivity index (χ4v) is 3.56. The highest BCUT2D eigenvalue weighted by Crippen LogP contribution is 2.34. The minimum Gasteiger partial charge on any atom is -0.294 e. The molecule has 0 saturated heterocycles. The third kappa shape index (κ3) is 2.40. The standard InChI is InChI=1S/C14H9F3N4OS/c15-14(16,17)12-19-13-18-9-4-7(11-2-1-3-23-11)5-10(22)8(9)6-21(13)20-12/h1-3,6-7H,4-5H2/t7-/m0/s1. The number of alkyl halides is 3. The van der Waals surface area contributed by atoms with E-state index in [1.165, 1.54) is 6.20 Å². The average molecular weight is 338 g/mol. The summed E-state index contributed by atoms with van der Waals surface area (Å²) >= 11 is 1.56. The van der Waals surface area contributed by atoms with E-state index in [2.05, 4.69) is 15.1 Å². The molecular formula is C14H9F3N4OS. The van der Waals surface area contributed by atoms with Crippen LogP contribution in [0.3, 0.4) is 0 Å². The van der Waals surface area contributed by atoms with Gasteiger partial charge in [0.2, 0.25) is 0 Å². The summed E-state index contributed by atoms with van der Waals surface area (Å²) in [5.41, 5.74) is 0.803. The summed E-state index contributed by atoms with van der Waals surface area (Å²) < 4.78 is 39.0. The van der Waals surface area contributed by atoms with Crippen molar-refractivity contribution in [3.05, 3.63) is 45.7 Å². The lowest BCUT2D eigenvalue weighted by molar-refractivity contribution is -0.144. The van der Waals surface area contributed by atoms with Gasteiger partial charge in [0.1, 0.15) is 0 Å². The van der Waals surface area contributed by atoms with E-state index in [1.807, 2.05) is 17.5 Å². The first kappa shape index (κ1) is 14.3. The lowest BCUT2D eigenvalue weighted by Gasteiger charge is -2.21. The van der Waals surface area contributed by atoms with Crippen molar-refractivity contribution in [2.75, 3.05) is 0 Å². The zero-order chi connectivity index (χ0) is 16.2. The van der Waals surface area contributed by atoms with Crippen molar-refractivity contribution in [1.29, 1.82) is 0 Å². The van der Waals surface area contributed by atoms with Crippen molar-refractivity contribution in [1.82, 2.24) is 19.6 Å². The molecule has 3 heterocycles. The van der Waals surface area contributed by atoms with E-state index in [-0.39, 0.29) is 17.5 Å². The molecular weight excluding hydrogens is 329 g/mol. The monoisotopic (exact) mass is 338 g/mol. The number of halogens is 3. The number of carbonyl (C=O) groups excluding carboxylic acids is 1. The zero-order valence-corrected chi connectivity index (χ0v) is 12.4. The second-order valence-electron chi connectivity index (χ2n) is 5.32. The first-order chi connectivity index (χ1) is 10.9. The van der Waals surface area contributed by atoms with Gasteiger partial charge in [0, 0.05) is 23.4 Å². The van der Waals surface area contributed by atoms with E-state index in [1.54, 1.807) is 11.3 Å². The highest BCUT2D eigenvalue weighted by atomic mass is 32.1. The molecule has 1 aliphatic rings. The van der Waals surface area contributed by atoms with Gasteiger partial charge in [-0.05, 0) is 17.9 Å². The topological polar surface area (TPSA) is 60.2 Å². The molecule has 4 rings (SSSR count). The predicted molar refractivity (Wildman–Crippen MR) is 75.5 cm³/mol. The van der Waals surface area contributed by atoms with Crippen LogP contribution in [0.4, 0.5) is 13.2 Å². The van der Waals surface area contributed by atoms with Crippen LogP contribution in [-0.4, -0.2) is 25.4 Å². The molecule has 0 unspecified atom stereocenters. The first-order valence-electron chi connectivity index (χ1n) is 6.82. The van der Waals surface area contributed by atoms with Gasteiger partial charge in [0.25, 0.3) is 11.6 Å². The molecule has 9 heteroatoms. The van der Waals surface area contributed by atoms with Gasteiger partial charge in [-0.1, -0.05) is 6.07 Å². The van der Waals surface area contributed by atoms with E-state index in [9.17, 15) is 18.0 Å². The number of Topliss-reactive ketones (excluding diaryl/α,β-unsaturated/α-hetero) is 1. The number of fused-ring (bicyclic) bond motifs is 2. The summed E-state index contributed by atoms with van der Waals surface area (Å²) in [4.78, 5) is 20.9. The molecule has 0 radical (unpaired) electrons. The van der Waals surface area contributed by atoms with Gasteiger partial charge in [0.15, 0.2) is 5.78 Å². The summed E-state index contributed by atoms with van der Waals surface area (Å²) in [5.74, 6) is -1.52. The summed E-state index contributed by atoms with van der Waals surface area (Å²) in [6.45, 7) is 0. The Balaban J connectivity index is 1.79. The molecule has 0 amide bonds. The molecule has 0 fully saturated rings. The molecule has 0 saturated carbocycles. The lowest BCUT2D eigenvalue weighted by atomic mass is 9.86. The van der Waals surface area contributed by atoms with Crippen molar-refractivity contribution < 1.29 is 18.0 Å². The van der Waals surface area contributed by atoms with E-state index in [4.69, 9.17) is 0 Å². The van der Waals surface area contributed by atoms with Gasteiger partial charge in [-0.25, -0.2) is 9.50 Å². The number of rotatable bonds is 1. The first-order valence-corrected chi connectivity index (χ1v) is 7.70. The van der Waals surface area contributed by atoms with Crippen LogP contribution >= 0.6 is 11.3 Å². The van der Waals surface area contributed by atoms with Crippen LogP contribution in [0.25, 0.3) is 5.78 Å². The summed E-state index contributed by atoms with van der Waals surface area (Å²) in [5, 5.41) is 5.29. The lowest BCUT2D eigenvalue weighted by Crippen LogP contribution is -2.20. The largest absolute Gasteiger partial charge is 0.453 e. The van der Waals surface area contributed by atoms with E-state index < -0.39 is 12.0 Å². The molecule has 0 aromatic carbocycles. The fourth-order valence-electron chi connectivity index (χ4n) is 2.73. The molecule has 23 heavy (non-hydrogen) atoms. The van der Waals surface area contributed by atoms with E-state index in [0.29, 0.717) is 24.1 Å². The normalized spacial score (nSPS) is 18.4.